The highest BCUT2D eigenvalue weighted by molar-refractivity contribution is 5.38. The van der Waals surface area contributed by atoms with Crippen LogP contribution in [0.2, 0.25) is 0 Å². The largest absolute Gasteiger partial charge is 0.374 e. The summed E-state index contributed by atoms with van der Waals surface area (Å²) in [6, 6.07) is 0. The number of hydrogen-bond acceptors (Lipinski definition) is 1. The van der Waals surface area contributed by atoms with E-state index < -0.39 is 0 Å². The van der Waals surface area contributed by atoms with E-state index in [0.29, 0.717) is 0 Å². The fourth-order valence-electron chi connectivity index (χ4n) is 1.65. The van der Waals surface area contributed by atoms with Gasteiger partial charge >= 0.3 is 0 Å². The van der Waals surface area contributed by atoms with Crippen molar-refractivity contribution < 1.29 is 0 Å². The molecule has 1 aliphatic heterocycles. The quantitative estimate of drug-likeness (QED) is 0.549. The van der Waals surface area contributed by atoms with Crippen molar-refractivity contribution in [2.24, 2.45) is 0 Å². The predicted molar refractivity (Wildman–Crippen MR) is 58.5 cm³/mol. The molecule has 0 saturated carbocycles. The molecule has 0 N–H and O–H groups in total. The minimum absolute atomic E-state index is 1.08. The Balaban J connectivity index is 0.000000396. The zero-order chi connectivity index (χ0) is 9.68. The van der Waals surface area contributed by atoms with E-state index in [1.54, 1.807) is 0 Å². The van der Waals surface area contributed by atoms with Crippen LogP contribution in [0, 0.1) is 0 Å². The average molecular weight is 177 g/mol. The van der Waals surface area contributed by atoms with Crippen molar-refractivity contribution in [2.75, 3.05) is 13.6 Å². The molecule has 0 unspecified atom stereocenters. The third-order valence-electron chi connectivity index (χ3n) is 2.32. The number of nitrogens with zero attached hydrogens (tertiary/aromatic N) is 1. The average Bonchev–Trinajstić information content (AvgIpc) is 2.44. The van der Waals surface area contributed by atoms with E-state index in [4.69, 9.17) is 0 Å². The van der Waals surface area contributed by atoms with Gasteiger partial charge in [-0.2, -0.15) is 0 Å². The Morgan fingerprint density at radius 2 is 1.85 bits per heavy atom. The maximum absolute atomic E-state index is 2.32. The zero-order valence-corrected chi connectivity index (χ0v) is 8.88. The van der Waals surface area contributed by atoms with Crippen LogP contribution < -0.4 is 0 Å². The van der Waals surface area contributed by atoms with Crippen LogP contribution in [0.1, 0.15) is 26.7 Å². The van der Waals surface area contributed by atoms with Gasteiger partial charge in [0, 0.05) is 19.3 Å². The Labute approximate surface area is 81.4 Å². The highest BCUT2D eigenvalue weighted by Crippen LogP contribution is 2.25. The van der Waals surface area contributed by atoms with Gasteiger partial charge in [0.2, 0.25) is 0 Å². The van der Waals surface area contributed by atoms with Crippen LogP contribution in [0.5, 0.6) is 0 Å². The van der Waals surface area contributed by atoms with Crippen molar-refractivity contribution in [1.29, 1.82) is 0 Å². The molecular formula is C12H19N. The van der Waals surface area contributed by atoms with E-state index in [1.807, 2.05) is 13.8 Å². The number of rotatable bonds is 0. The van der Waals surface area contributed by atoms with Crippen molar-refractivity contribution in [3.8, 4) is 0 Å². The third-order valence-corrected chi connectivity index (χ3v) is 2.32. The fourth-order valence-corrected chi connectivity index (χ4v) is 1.65. The van der Waals surface area contributed by atoms with Crippen LogP contribution in [0.4, 0.5) is 0 Å². The Kier molecular flexibility index (Phi) is 3.81. The lowest BCUT2D eigenvalue weighted by Crippen LogP contribution is -2.11. The summed E-state index contributed by atoms with van der Waals surface area (Å²) in [5.74, 6) is 0. The predicted octanol–water partition coefficient (Wildman–Crippen LogP) is 3.12. The molecule has 0 radical (unpaired) electrons. The van der Waals surface area contributed by atoms with E-state index in [2.05, 4.69) is 36.3 Å². The summed E-state index contributed by atoms with van der Waals surface area (Å²) in [4.78, 5) is 2.32. The summed E-state index contributed by atoms with van der Waals surface area (Å²) in [6.45, 7) is 5.18. The first-order chi connectivity index (χ1) is 6.38. The minimum atomic E-state index is 1.08. The monoisotopic (exact) mass is 177 g/mol. The second-order valence-electron chi connectivity index (χ2n) is 3.12. The summed E-state index contributed by atoms with van der Waals surface area (Å²) < 4.78 is 0. The molecule has 1 heteroatoms. The summed E-state index contributed by atoms with van der Waals surface area (Å²) in [5, 5.41) is 0. The SMILES string of the molecule is CC.CN1CCC2=C1C=CCC=C2. The van der Waals surface area contributed by atoms with Gasteiger partial charge in [0.1, 0.15) is 0 Å². The smallest absolute Gasteiger partial charge is 0.0393 e. The lowest BCUT2D eigenvalue weighted by atomic mass is 10.2. The van der Waals surface area contributed by atoms with E-state index in [9.17, 15) is 0 Å². The standard InChI is InChI=1S/C10H13N.C2H6/c1-11-8-7-9-5-3-2-4-6-10(9)11;1-2/h3-6H,2,7-8H2,1H3;1-2H3. The first kappa shape index (κ1) is 10.1. The molecule has 0 saturated heterocycles. The summed E-state index contributed by atoms with van der Waals surface area (Å²) >= 11 is 0. The Hall–Kier alpha value is -0.980. The molecule has 2 rings (SSSR count). The summed E-state index contributed by atoms with van der Waals surface area (Å²) in [5.41, 5.74) is 2.92. The molecule has 0 aromatic heterocycles. The molecule has 72 valence electrons. The van der Waals surface area contributed by atoms with Gasteiger partial charge in [0.25, 0.3) is 0 Å². The van der Waals surface area contributed by atoms with Crippen molar-refractivity contribution in [2.45, 2.75) is 26.7 Å². The van der Waals surface area contributed by atoms with Crippen molar-refractivity contribution >= 4 is 0 Å². The first-order valence-electron chi connectivity index (χ1n) is 5.15. The van der Waals surface area contributed by atoms with Gasteiger partial charge in [-0.25, -0.2) is 0 Å². The molecule has 0 amide bonds. The summed E-state index contributed by atoms with van der Waals surface area (Å²) in [7, 11) is 2.16. The van der Waals surface area contributed by atoms with Gasteiger partial charge in [0.05, 0.1) is 0 Å². The van der Waals surface area contributed by atoms with Gasteiger partial charge in [0.15, 0.2) is 0 Å². The Morgan fingerprint density at radius 3 is 2.62 bits per heavy atom. The number of allylic oxidation sites excluding steroid dienone is 4. The van der Waals surface area contributed by atoms with Crippen LogP contribution in [-0.4, -0.2) is 18.5 Å². The number of likely N-dealkylation sites (N-methyl/N-ethyl adjacent to an activating group) is 1. The fraction of sp³-hybridized carbons (Fsp3) is 0.500. The van der Waals surface area contributed by atoms with E-state index in [0.717, 1.165) is 6.42 Å². The highest BCUT2D eigenvalue weighted by Gasteiger charge is 2.15. The van der Waals surface area contributed by atoms with Crippen LogP contribution in [0.3, 0.4) is 0 Å². The maximum atomic E-state index is 2.32. The zero-order valence-electron chi connectivity index (χ0n) is 8.88. The van der Waals surface area contributed by atoms with E-state index >= 15 is 0 Å². The topological polar surface area (TPSA) is 3.24 Å². The van der Waals surface area contributed by atoms with Gasteiger partial charge in [-0.05, 0) is 24.5 Å². The van der Waals surface area contributed by atoms with Gasteiger partial charge in [-0.3, -0.25) is 0 Å². The van der Waals surface area contributed by atoms with Crippen LogP contribution in [-0.2, 0) is 0 Å². The molecule has 0 aromatic rings. The Morgan fingerprint density at radius 1 is 1.15 bits per heavy atom. The molecule has 0 spiro atoms. The molecule has 1 nitrogen and oxygen atoms in total. The molecule has 2 aliphatic rings. The normalized spacial score (nSPS) is 19.5. The second-order valence-corrected chi connectivity index (χ2v) is 3.12. The minimum Gasteiger partial charge on any atom is -0.374 e. The van der Waals surface area contributed by atoms with Crippen molar-refractivity contribution in [3.05, 3.63) is 35.6 Å². The maximum Gasteiger partial charge on any atom is 0.0393 e. The van der Waals surface area contributed by atoms with E-state index in [1.165, 1.54) is 24.2 Å². The van der Waals surface area contributed by atoms with Crippen molar-refractivity contribution in [3.63, 3.8) is 0 Å². The highest BCUT2D eigenvalue weighted by atomic mass is 15.1. The first-order valence-corrected chi connectivity index (χ1v) is 5.15. The van der Waals surface area contributed by atoms with Crippen LogP contribution in [0.15, 0.2) is 35.6 Å². The van der Waals surface area contributed by atoms with Gasteiger partial charge < -0.3 is 4.90 Å². The van der Waals surface area contributed by atoms with Crippen LogP contribution in [0.25, 0.3) is 0 Å². The molecule has 0 fully saturated rings. The summed E-state index contributed by atoms with van der Waals surface area (Å²) in [6.07, 6.45) is 11.3. The molecule has 0 aromatic carbocycles. The van der Waals surface area contributed by atoms with Gasteiger partial charge in [-0.15, -0.1) is 0 Å². The van der Waals surface area contributed by atoms with E-state index in [-0.39, 0.29) is 0 Å². The molecular weight excluding hydrogens is 158 g/mol. The van der Waals surface area contributed by atoms with Gasteiger partial charge in [-0.1, -0.05) is 32.1 Å². The molecule has 1 aliphatic carbocycles. The third kappa shape index (κ3) is 2.24. The lowest BCUT2D eigenvalue weighted by Gasteiger charge is -2.11. The molecule has 13 heavy (non-hydrogen) atoms. The van der Waals surface area contributed by atoms with Crippen molar-refractivity contribution in [1.82, 2.24) is 4.90 Å². The number of hydrogen-bond donors (Lipinski definition) is 0. The van der Waals surface area contributed by atoms with Crippen LogP contribution >= 0.6 is 0 Å². The molecule has 0 atom stereocenters. The molecule has 0 bridgehead atoms. The Bertz CT molecular complexity index is 246. The second kappa shape index (κ2) is 4.90. The lowest BCUT2D eigenvalue weighted by molar-refractivity contribution is 0.471. The molecule has 1 heterocycles.